The molecule has 0 bridgehead atoms. The maximum atomic E-state index is 13.1. The fourth-order valence-electron chi connectivity index (χ4n) is 4.02. The highest BCUT2D eigenvalue weighted by Crippen LogP contribution is 2.29. The lowest BCUT2D eigenvalue weighted by Crippen LogP contribution is -3.12. The van der Waals surface area contributed by atoms with Crippen molar-refractivity contribution in [3.05, 3.63) is 66.2 Å². The first kappa shape index (κ1) is 20.2. The van der Waals surface area contributed by atoms with Crippen LogP contribution in [0.3, 0.4) is 0 Å². The van der Waals surface area contributed by atoms with E-state index in [1.165, 1.54) is 0 Å². The number of nitrogens with zero attached hydrogens (tertiary/aromatic N) is 1. The highest BCUT2D eigenvalue weighted by molar-refractivity contribution is 5.99. The second-order valence-corrected chi connectivity index (χ2v) is 8.14. The van der Waals surface area contributed by atoms with Crippen molar-refractivity contribution in [2.24, 2.45) is 0 Å². The molecule has 0 radical (unpaired) electrons. The van der Waals surface area contributed by atoms with E-state index in [9.17, 15) is 4.79 Å². The van der Waals surface area contributed by atoms with Gasteiger partial charge < -0.3 is 19.9 Å². The van der Waals surface area contributed by atoms with E-state index < -0.39 is 0 Å². The van der Waals surface area contributed by atoms with Gasteiger partial charge in [0, 0.05) is 0 Å². The molecular formula is C25H30N3O2+. The van der Waals surface area contributed by atoms with Crippen LogP contribution < -0.4 is 19.9 Å². The van der Waals surface area contributed by atoms with Gasteiger partial charge >= 0.3 is 0 Å². The molecule has 30 heavy (non-hydrogen) atoms. The molecule has 3 aromatic carbocycles. The van der Waals surface area contributed by atoms with Crippen molar-refractivity contribution in [1.82, 2.24) is 0 Å². The van der Waals surface area contributed by atoms with Gasteiger partial charge in [0.15, 0.2) is 0 Å². The predicted octanol–water partition coefficient (Wildman–Crippen LogP) is 2.93. The topological polar surface area (TPSA) is 46.0 Å². The van der Waals surface area contributed by atoms with Gasteiger partial charge in [-0.3, -0.25) is 4.79 Å². The van der Waals surface area contributed by atoms with Crippen LogP contribution in [-0.4, -0.2) is 46.2 Å². The summed E-state index contributed by atoms with van der Waals surface area (Å²) >= 11 is 0. The Balaban J connectivity index is 1.52. The second kappa shape index (κ2) is 8.76. The highest BCUT2D eigenvalue weighted by atomic mass is 16.5. The summed E-state index contributed by atoms with van der Waals surface area (Å²) in [5, 5.41) is 5.39. The largest absolute Gasteiger partial charge is 0.497 e. The molecule has 1 aliphatic rings. The van der Waals surface area contributed by atoms with Crippen LogP contribution in [0.2, 0.25) is 0 Å². The molecule has 1 fully saturated rings. The molecule has 1 heterocycles. The first-order valence-corrected chi connectivity index (χ1v) is 10.6. The molecule has 2 N–H and O–H groups in total. The molecule has 3 aromatic rings. The van der Waals surface area contributed by atoms with E-state index in [4.69, 9.17) is 4.74 Å². The Morgan fingerprint density at radius 3 is 2.50 bits per heavy atom. The maximum absolute atomic E-state index is 13.1. The van der Waals surface area contributed by atoms with Crippen molar-refractivity contribution < 1.29 is 14.4 Å². The average Bonchev–Trinajstić information content (AvgIpc) is 2.78. The molecule has 1 saturated heterocycles. The van der Waals surface area contributed by atoms with Crippen molar-refractivity contribution in [2.75, 3.05) is 50.6 Å². The number of quaternary nitrogens is 1. The summed E-state index contributed by atoms with van der Waals surface area (Å²) in [5.41, 5.74) is 3.00. The third-order valence-electron chi connectivity index (χ3n) is 6.08. The van der Waals surface area contributed by atoms with E-state index in [1.807, 2.05) is 49.4 Å². The number of carbonyl (C=O) groups is 1. The standard InChI is InChI=1S/C25H29N3O2/c1-18(19-8-9-21-17-22(30-3)11-10-20(21)16-19)25(29)26-23-6-4-5-7-24(23)28-14-12-27(2)13-15-28/h4-11,16-18H,12-15H2,1-3H3,(H,26,29)/p+1/t18-/m0/s1. The van der Waals surface area contributed by atoms with Crippen molar-refractivity contribution in [2.45, 2.75) is 12.8 Å². The first-order valence-electron chi connectivity index (χ1n) is 10.6. The molecule has 0 spiro atoms. The van der Waals surface area contributed by atoms with Crippen molar-refractivity contribution in [3.8, 4) is 5.75 Å². The van der Waals surface area contributed by atoms with E-state index in [-0.39, 0.29) is 11.8 Å². The molecular weight excluding hydrogens is 374 g/mol. The molecule has 1 aliphatic heterocycles. The van der Waals surface area contributed by atoms with Gasteiger partial charge in [-0.05, 0) is 47.5 Å². The van der Waals surface area contributed by atoms with Crippen molar-refractivity contribution >= 4 is 28.1 Å². The second-order valence-electron chi connectivity index (χ2n) is 8.14. The Bertz CT molecular complexity index is 1040. The predicted molar refractivity (Wildman–Crippen MR) is 123 cm³/mol. The normalized spacial score (nSPS) is 15.8. The van der Waals surface area contributed by atoms with Crippen LogP contribution in [0.15, 0.2) is 60.7 Å². The number of para-hydroxylation sites is 2. The molecule has 0 aromatic heterocycles. The van der Waals surface area contributed by atoms with E-state index >= 15 is 0 Å². The average molecular weight is 405 g/mol. The third-order valence-corrected chi connectivity index (χ3v) is 6.08. The van der Waals surface area contributed by atoms with Crippen molar-refractivity contribution in [3.63, 3.8) is 0 Å². The Hall–Kier alpha value is -3.05. The highest BCUT2D eigenvalue weighted by Gasteiger charge is 2.21. The Morgan fingerprint density at radius 2 is 1.73 bits per heavy atom. The molecule has 0 saturated carbocycles. The number of fused-ring (bicyclic) bond motifs is 1. The number of benzene rings is 3. The number of anilines is 2. The quantitative estimate of drug-likeness (QED) is 0.687. The zero-order valence-corrected chi connectivity index (χ0v) is 17.9. The lowest BCUT2D eigenvalue weighted by Gasteiger charge is -2.33. The molecule has 5 nitrogen and oxygen atoms in total. The zero-order chi connectivity index (χ0) is 21.1. The monoisotopic (exact) mass is 404 g/mol. The lowest BCUT2D eigenvalue weighted by molar-refractivity contribution is -0.880. The number of likely N-dealkylation sites (N-methyl/N-ethyl adjacent to an activating group) is 1. The summed E-state index contributed by atoms with van der Waals surface area (Å²) in [6.07, 6.45) is 0. The minimum absolute atomic E-state index is 0.00932. The molecule has 1 atom stereocenters. The van der Waals surface area contributed by atoms with Crippen LogP contribution in [0.1, 0.15) is 18.4 Å². The van der Waals surface area contributed by atoms with Gasteiger partial charge in [-0.2, -0.15) is 0 Å². The minimum atomic E-state index is -0.249. The number of carbonyl (C=O) groups excluding carboxylic acids is 1. The van der Waals surface area contributed by atoms with Crippen LogP contribution in [-0.2, 0) is 4.79 Å². The van der Waals surface area contributed by atoms with Gasteiger partial charge in [-0.15, -0.1) is 0 Å². The summed E-state index contributed by atoms with van der Waals surface area (Å²) < 4.78 is 5.30. The maximum Gasteiger partial charge on any atom is 0.231 e. The van der Waals surface area contributed by atoms with E-state index in [2.05, 4.69) is 35.5 Å². The molecule has 4 rings (SSSR count). The van der Waals surface area contributed by atoms with E-state index in [0.717, 1.165) is 59.6 Å². The summed E-state index contributed by atoms with van der Waals surface area (Å²) in [7, 11) is 3.90. The summed E-state index contributed by atoms with van der Waals surface area (Å²) in [4.78, 5) is 17.0. The Kier molecular flexibility index (Phi) is 5.91. The SMILES string of the molecule is COc1ccc2cc([C@H](C)C(=O)Nc3ccccc3N3CC[NH+](C)CC3)ccc2c1. The van der Waals surface area contributed by atoms with Gasteiger partial charge in [0.25, 0.3) is 0 Å². The summed E-state index contributed by atoms with van der Waals surface area (Å²) in [6, 6.07) is 20.3. The van der Waals surface area contributed by atoms with Gasteiger partial charge in [0.05, 0.1) is 57.6 Å². The summed E-state index contributed by atoms with van der Waals surface area (Å²) in [6.45, 7) is 6.19. The molecule has 5 heteroatoms. The Labute approximate surface area is 178 Å². The van der Waals surface area contributed by atoms with Gasteiger partial charge in [-0.1, -0.05) is 36.4 Å². The minimum Gasteiger partial charge on any atom is -0.497 e. The van der Waals surface area contributed by atoms with Crippen LogP contribution in [0, 0.1) is 0 Å². The van der Waals surface area contributed by atoms with Gasteiger partial charge in [-0.25, -0.2) is 0 Å². The van der Waals surface area contributed by atoms with Crippen LogP contribution in [0.5, 0.6) is 5.75 Å². The molecule has 0 aliphatic carbocycles. The number of amides is 1. The number of hydrogen-bond donors (Lipinski definition) is 2. The smallest absolute Gasteiger partial charge is 0.231 e. The first-order chi connectivity index (χ1) is 14.5. The zero-order valence-electron chi connectivity index (χ0n) is 17.9. The van der Waals surface area contributed by atoms with Crippen LogP contribution >= 0.6 is 0 Å². The third kappa shape index (κ3) is 4.26. The van der Waals surface area contributed by atoms with Gasteiger partial charge in [0.1, 0.15) is 5.75 Å². The fraction of sp³-hybridized carbons (Fsp3) is 0.320. The number of nitrogens with one attached hydrogen (secondary N) is 2. The van der Waals surface area contributed by atoms with E-state index in [1.54, 1.807) is 12.0 Å². The number of piperazine rings is 1. The van der Waals surface area contributed by atoms with Crippen LogP contribution in [0.4, 0.5) is 11.4 Å². The molecule has 1 amide bonds. The number of rotatable bonds is 5. The molecule has 156 valence electrons. The summed E-state index contributed by atoms with van der Waals surface area (Å²) in [5.74, 6) is 0.597. The Morgan fingerprint density at radius 1 is 1.03 bits per heavy atom. The molecule has 0 unspecified atom stereocenters. The van der Waals surface area contributed by atoms with Gasteiger partial charge in [0.2, 0.25) is 5.91 Å². The van der Waals surface area contributed by atoms with Crippen molar-refractivity contribution in [1.29, 1.82) is 0 Å². The number of methoxy groups -OCH3 is 1. The van der Waals surface area contributed by atoms with Crippen LogP contribution in [0.25, 0.3) is 10.8 Å². The fourth-order valence-corrected chi connectivity index (χ4v) is 4.02. The lowest BCUT2D eigenvalue weighted by atomic mass is 9.97. The number of hydrogen-bond acceptors (Lipinski definition) is 3. The number of ether oxygens (including phenoxy) is 1. The van der Waals surface area contributed by atoms with E-state index in [0.29, 0.717) is 0 Å².